The zero-order chi connectivity index (χ0) is 19.2. The third kappa shape index (κ3) is 5.18. The van der Waals surface area contributed by atoms with Gasteiger partial charge in [-0.15, -0.1) is 10.2 Å². The van der Waals surface area contributed by atoms with Crippen molar-refractivity contribution in [2.24, 2.45) is 12.1 Å². The maximum atomic E-state index is 12.0. The van der Waals surface area contributed by atoms with Gasteiger partial charge in [-0.3, -0.25) is 4.79 Å². The van der Waals surface area contributed by atoms with Gasteiger partial charge in [0.25, 0.3) is 5.91 Å². The van der Waals surface area contributed by atoms with Gasteiger partial charge in [0, 0.05) is 27.7 Å². The Balaban J connectivity index is 1.56. The Morgan fingerprint density at radius 2 is 2.00 bits per heavy atom. The fraction of sp³-hybridized carbons (Fsp3) is 0.111. The van der Waals surface area contributed by atoms with Crippen molar-refractivity contribution in [3.63, 3.8) is 0 Å². The molecule has 0 spiro atoms. The van der Waals surface area contributed by atoms with Crippen molar-refractivity contribution in [1.29, 1.82) is 0 Å². The van der Waals surface area contributed by atoms with Crippen molar-refractivity contribution in [2.75, 3.05) is 5.75 Å². The second-order valence-corrected chi connectivity index (χ2v) is 7.74. The Bertz CT molecular complexity index is 974. The second kappa shape index (κ2) is 9.16. The average Bonchev–Trinajstić information content (AvgIpc) is 3.03. The molecule has 0 saturated heterocycles. The molecule has 0 fully saturated rings. The van der Waals surface area contributed by atoms with Crippen LogP contribution in [0.15, 0.2) is 63.3 Å². The van der Waals surface area contributed by atoms with Gasteiger partial charge in [-0.05, 0) is 18.2 Å². The summed E-state index contributed by atoms with van der Waals surface area (Å²) in [5, 5.41) is 13.5. The van der Waals surface area contributed by atoms with Crippen molar-refractivity contribution >= 4 is 51.4 Å². The number of amides is 1. The van der Waals surface area contributed by atoms with Crippen LogP contribution in [0.3, 0.4) is 0 Å². The molecular formula is C18H15BrClN5OS. The Morgan fingerprint density at radius 1 is 1.26 bits per heavy atom. The van der Waals surface area contributed by atoms with E-state index in [1.807, 2.05) is 54.1 Å². The minimum absolute atomic E-state index is 0.173. The summed E-state index contributed by atoms with van der Waals surface area (Å²) in [5.41, 5.74) is 4.17. The zero-order valence-electron chi connectivity index (χ0n) is 14.3. The highest BCUT2D eigenvalue weighted by Gasteiger charge is 2.12. The van der Waals surface area contributed by atoms with E-state index in [2.05, 4.69) is 36.7 Å². The number of hydrogen-bond donors (Lipinski definition) is 1. The Morgan fingerprint density at radius 3 is 2.74 bits per heavy atom. The van der Waals surface area contributed by atoms with Gasteiger partial charge >= 0.3 is 0 Å². The van der Waals surface area contributed by atoms with Gasteiger partial charge < -0.3 is 4.57 Å². The predicted octanol–water partition coefficient (Wildman–Crippen LogP) is 4.14. The molecule has 0 aliphatic carbocycles. The molecule has 3 aromatic rings. The number of nitrogens with zero attached hydrogens (tertiary/aromatic N) is 4. The maximum absolute atomic E-state index is 12.0. The molecule has 1 heterocycles. The van der Waals surface area contributed by atoms with Crippen LogP contribution >= 0.6 is 39.3 Å². The lowest BCUT2D eigenvalue weighted by Gasteiger charge is -2.04. The molecule has 1 N–H and O–H groups in total. The number of nitrogens with one attached hydrogen (secondary N) is 1. The van der Waals surface area contributed by atoms with Crippen LogP contribution in [-0.2, 0) is 11.8 Å². The maximum Gasteiger partial charge on any atom is 0.250 e. The van der Waals surface area contributed by atoms with Crippen molar-refractivity contribution in [3.8, 4) is 11.4 Å². The second-order valence-electron chi connectivity index (χ2n) is 5.48. The van der Waals surface area contributed by atoms with Gasteiger partial charge in [0.2, 0.25) is 0 Å². The molecule has 0 radical (unpaired) electrons. The number of benzene rings is 2. The van der Waals surface area contributed by atoms with Gasteiger partial charge in [-0.25, -0.2) is 5.43 Å². The van der Waals surface area contributed by atoms with E-state index in [1.165, 1.54) is 18.0 Å². The fourth-order valence-corrected chi connectivity index (χ4v) is 3.36. The molecule has 9 heteroatoms. The molecule has 1 amide bonds. The first-order valence-corrected chi connectivity index (χ1v) is 10.0. The van der Waals surface area contributed by atoms with Crippen LogP contribution < -0.4 is 5.43 Å². The summed E-state index contributed by atoms with van der Waals surface area (Å²) in [6.45, 7) is 0. The summed E-state index contributed by atoms with van der Waals surface area (Å²) in [5.74, 6) is 0.672. The normalized spacial score (nSPS) is 11.1. The monoisotopic (exact) mass is 463 g/mol. The molecule has 0 saturated carbocycles. The van der Waals surface area contributed by atoms with Crippen molar-refractivity contribution < 1.29 is 4.79 Å². The number of aromatic nitrogens is 3. The number of halogens is 2. The number of carbonyl (C=O) groups excluding carboxylic acids is 1. The van der Waals surface area contributed by atoms with Gasteiger partial charge in [0.15, 0.2) is 11.0 Å². The van der Waals surface area contributed by atoms with E-state index in [0.29, 0.717) is 10.2 Å². The lowest BCUT2D eigenvalue weighted by Crippen LogP contribution is -2.19. The van der Waals surface area contributed by atoms with Crippen LogP contribution in [0, 0.1) is 0 Å². The number of carbonyl (C=O) groups is 1. The Labute approximate surface area is 174 Å². The van der Waals surface area contributed by atoms with E-state index >= 15 is 0 Å². The summed E-state index contributed by atoms with van der Waals surface area (Å²) in [6.07, 6.45) is 1.51. The number of thioether (sulfide) groups is 1. The first kappa shape index (κ1) is 19.6. The smallest absolute Gasteiger partial charge is 0.250 e. The minimum Gasteiger partial charge on any atom is -0.305 e. The van der Waals surface area contributed by atoms with Gasteiger partial charge in [-0.1, -0.05) is 69.6 Å². The highest BCUT2D eigenvalue weighted by atomic mass is 79.9. The first-order chi connectivity index (χ1) is 13.0. The van der Waals surface area contributed by atoms with Gasteiger partial charge in [0.1, 0.15) is 0 Å². The van der Waals surface area contributed by atoms with Gasteiger partial charge in [0.05, 0.1) is 12.0 Å². The largest absolute Gasteiger partial charge is 0.305 e. The van der Waals surface area contributed by atoms with E-state index < -0.39 is 0 Å². The summed E-state index contributed by atoms with van der Waals surface area (Å²) in [7, 11) is 1.87. The van der Waals surface area contributed by atoms with Crippen molar-refractivity contribution in [1.82, 2.24) is 20.2 Å². The lowest BCUT2D eigenvalue weighted by molar-refractivity contribution is -0.118. The molecular weight excluding hydrogens is 450 g/mol. The molecule has 0 aliphatic heterocycles. The predicted molar refractivity (Wildman–Crippen MR) is 112 cm³/mol. The average molecular weight is 465 g/mol. The molecule has 138 valence electrons. The van der Waals surface area contributed by atoms with Crippen LogP contribution in [0.5, 0.6) is 0 Å². The molecule has 6 nitrogen and oxygen atoms in total. The van der Waals surface area contributed by atoms with E-state index in [1.54, 1.807) is 6.07 Å². The topological polar surface area (TPSA) is 72.2 Å². The van der Waals surface area contributed by atoms with Crippen LogP contribution in [0.4, 0.5) is 0 Å². The SMILES string of the molecule is Cn1c(SCC(=O)NN=Cc2ccccc2Cl)nnc1-c1ccc(Br)cc1. The van der Waals surface area contributed by atoms with E-state index in [0.717, 1.165) is 21.4 Å². The zero-order valence-corrected chi connectivity index (χ0v) is 17.4. The Hall–Kier alpha value is -2.16. The summed E-state index contributed by atoms with van der Waals surface area (Å²) >= 11 is 10.7. The van der Waals surface area contributed by atoms with E-state index in [9.17, 15) is 4.79 Å². The molecule has 3 rings (SSSR count). The van der Waals surface area contributed by atoms with Crippen LogP contribution in [0.2, 0.25) is 5.02 Å². The summed E-state index contributed by atoms with van der Waals surface area (Å²) in [6, 6.07) is 15.1. The third-order valence-corrected chi connectivity index (χ3v) is 5.46. The minimum atomic E-state index is -0.239. The number of hydrogen-bond acceptors (Lipinski definition) is 5. The number of rotatable bonds is 6. The molecule has 0 atom stereocenters. The molecule has 0 bridgehead atoms. The van der Waals surface area contributed by atoms with Crippen LogP contribution in [-0.4, -0.2) is 32.6 Å². The highest BCUT2D eigenvalue weighted by Crippen LogP contribution is 2.23. The Kier molecular flexibility index (Phi) is 6.65. The summed E-state index contributed by atoms with van der Waals surface area (Å²) in [4.78, 5) is 12.0. The van der Waals surface area contributed by atoms with E-state index in [-0.39, 0.29) is 11.7 Å². The van der Waals surface area contributed by atoms with Crippen LogP contribution in [0.25, 0.3) is 11.4 Å². The van der Waals surface area contributed by atoms with Crippen LogP contribution in [0.1, 0.15) is 5.56 Å². The fourth-order valence-electron chi connectivity index (χ4n) is 2.21. The van der Waals surface area contributed by atoms with Crippen molar-refractivity contribution in [3.05, 3.63) is 63.6 Å². The lowest BCUT2D eigenvalue weighted by atomic mass is 10.2. The standard InChI is InChI=1S/C18H15BrClN5OS/c1-25-17(12-6-8-14(19)9-7-12)23-24-18(25)27-11-16(26)22-21-10-13-4-2-3-5-15(13)20/h2-10H,11H2,1H3,(H,22,26). The summed E-state index contributed by atoms with van der Waals surface area (Å²) < 4.78 is 2.85. The van der Waals surface area contributed by atoms with Gasteiger partial charge in [-0.2, -0.15) is 5.10 Å². The van der Waals surface area contributed by atoms with E-state index in [4.69, 9.17) is 11.6 Å². The molecule has 1 aromatic heterocycles. The quantitative estimate of drug-likeness (QED) is 0.338. The highest BCUT2D eigenvalue weighted by molar-refractivity contribution is 9.10. The third-order valence-electron chi connectivity index (χ3n) is 3.57. The van der Waals surface area contributed by atoms with Crippen molar-refractivity contribution in [2.45, 2.75) is 5.16 Å². The number of hydrazone groups is 1. The molecule has 0 aliphatic rings. The molecule has 2 aromatic carbocycles. The first-order valence-electron chi connectivity index (χ1n) is 7.89. The molecule has 0 unspecified atom stereocenters. The molecule has 27 heavy (non-hydrogen) atoms.